The lowest BCUT2D eigenvalue weighted by Crippen LogP contribution is -2.42. The van der Waals surface area contributed by atoms with E-state index in [-0.39, 0.29) is 5.82 Å². The molecule has 0 fully saturated rings. The third-order valence-corrected chi connectivity index (χ3v) is 3.64. The predicted molar refractivity (Wildman–Crippen MR) is 86.2 cm³/mol. The average molecular weight is 290 g/mol. The number of nitrogens with one attached hydrogen (secondary N) is 3. The smallest absolute Gasteiger partial charge is 0.191 e. The highest BCUT2D eigenvalue weighted by molar-refractivity contribution is 5.83. The van der Waals surface area contributed by atoms with Gasteiger partial charge < -0.3 is 15.6 Å². The summed E-state index contributed by atoms with van der Waals surface area (Å²) in [5, 5.41) is 7.69. The maximum atomic E-state index is 13.1. The topological polar surface area (TPSA) is 52.2 Å². The summed E-state index contributed by atoms with van der Waals surface area (Å²) < 4.78 is 13.1. The number of guanidine groups is 1. The van der Waals surface area contributed by atoms with E-state index in [1.54, 1.807) is 7.05 Å². The number of rotatable bonds is 5. The molecular weight excluding hydrogens is 267 g/mol. The minimum absolute atomic E-state index is 0.216. The highest BCUT2D eigenvalue weighted by Crippen LogP contribution is 2.19. The number of aromatic amines is 1. The minimum atomic E-state index is -0.216. The summed E-state index contributed by atoms with van der Waals surface area (Å²) in [5.74, 6) is 0.599. The van der Waals surface area contributed by atoms with Gasteiger partial charge in [0.2, 0.25) is 0 Å². The van der Waals surface area contributed by atoms with Gasteiger partial charge >= 0.3 is 0 Å². The number of benzene rings is 1. The molecule has 0 amide bonds. The molecule has 4 nitrogen and oxygen atoms in total. The van der Waals surface area contributed by atoms with E-state index in [4.69, 9.17) is 0 Å². The fourth-order valence-corrected chi connectivity index (χ4v) is 2.21. The number of halogens is 1. The van der Waals surface area contributed by atoms with Crippen molar-refractivity contribution in [1.29, 1.82) is 0 Å². The molecule has 0 saturated carbocycles. The molecular formula is C16H23FN4. The van der Waals surface area contributed by atoms with Crippen molar-refractivity contribution in [2.75, 3.05) is 13.6 Å². The third kappa shape index (κ3) is 3.97. The van der Waals surface area contributed by atoms with Crippen LogP contribution in [0.3, 0.4) is 0 Å². The fraction of sp³-hybridized carbons (Fsp3) is 0.438. The van der Waals surface area contributed by atoms with E-state index in [0.717, 1.165) is 36.2 Å². The summed E-state index contributed by atoms with van der Waals surface area (Å²) in [6, 6.07) is 5.24. The summed E-state index contributed by atoms with van der Waals surface area (Å²) in [5.41, 5.74) is 2.02. The third-order valence-electron chi connectivity index (χ3n) is 3.64. The first-order valence-electron chi connectivity index (χ1n) is 7.36. The van der Waals surface area contributed by atoms with Gasteiger partial charge in [0.05, 0.1) is 0 Å². The molecule has 5 heteroatoms. The SMILES string of the molecule is CCC(C)NC(=NC)NCCc1c[nH]c2cc(F)ccc12. The average Bonchev–Trinajstić information content (AvgIpc) is 2.88. The van der Waals surface area contributed by atoms with Crippen molar-refractivity contribution in [2.45, 2.75) is 32.7 Å². The Morgan fingerprint density at radius 2 is 2.24 bits per heavy atom. The molecule has 0 aliphatic heterocycles. The summed E-state index contributed by atoms with van der Waals surface area (Å²) in [6.07, 6.45) is 3.85. The lowest BCUT2D eigenvalue weighted by atomic mass is 10.1. The molecule has 1 unspecified atom stereocenters. The van der Waals surface area contributed by atoms with E-state index in [9.17, 15) is 4.39 Å². The minimum Gasteiger partial charge on any atom is -0.361 e. The molecule has 1 aromatic heterocycles. The van der Waals surface area contributed by atoms with Crippen LogP contribution in [0.25, 0.3) is 10.9 Å². The molecule has 1 heterocycles. The van der Waals surface area contributed by atoms with Crippen molar-refractivity contribution < 1.29 is 4.39 Å². The summed E-state index contributed by atoms with van der Waals surface area (Å²) in [4.78, 5) is 7.31. The molecule has 114 valence electrons. The van der Waals surface area contributed by atoms with Crippen LogP contribution in [-0.4, -0.2) is 30.6 Å². The van der Waals surface area contributed by atoms with Crippen LogP contribution >= 0.6 is 0 Å². The van der Waals surface area contributed by atoms with Gasteiger partial charge in [0.25, 0.3) is 0 Å². The van der Waals surface area contributed by atoms with Crippen molar-refractivity contribution in [2.24, 2.45) is 4.99 Å². The maximum Gasteiger partial charge on any atom is 0.191 e. The Hall–Kier alpha value is -2.04. The van der Waals surface area contributed by atoms with Crippen LogP contribution in [0.2, 0.25) is 0 Å². The highest BCUT2D eigenvalue weighted by atomic mass is 19.1. The number of nitrogens with zero attached hydrogens (tertiary/aromatic N) is 1. The number of aromatic nitrogens is 1. The molecule has 0 saturated heterocycles. The number of hydrogen-bond donors (Lipinski definition) is 3. The predicted octanol–water partition coefficient (Wildman–Crippen LogP) is 2.81. The van der Waals surface area contributed by atoms with Gasteiger partial charge in [0.15, 0.2) is 5.96 Å². The van der Waals surface area contributed by atoms with Crippen LogP contribution in [0.4, 0.5) is 4.39 Å². The Morgan fingerprint density at radius 3 is 2.95 bits per heavy atom. The quantitative estimate of drug-likeness (QED) is 0.586. The van der Waals surface area contributed by atoms with Crippen molar-refractivity contribution in [3.8, 4) is 0 Å². The molecule has 21 heavy (non-hydrogen) atoms. The van der Waals surface area contributed by atoms with E-state index in [1.807, 2.05) is 12.3 Å². The van der Waals surface area contributed by atoms with Gasteiger partial charge in [-0.15, -0.1) is 0 Å². The van der Waals surface area contributed by atoms with E-state index in [2.05, 4.69) is 34.5 Å². The molecule has 0 spiro atoms. The molecule has 2 aromatic rings. The van der Waals surface area contributed by atoms with Gasteiger partial charge in [0.1, 0.15) is 5.82 Å². The zero-order valence-corrected chi connectivity index (χ0v) is 12.8. The number of H-pyrrole nitrogens is 1. The van der Waals surface area contributed by atoms with E-state index < -0.39 is 0 Å². The number of aliphatic imine (C=N–C) groups is 1. The Labute approximate surface area is 124 Å². The molecule has 0 radical (unpaired) electrons. The van der Waals surface area contributed by atoms with E-state index >= 15 is 0 Å². The second kappa shape index (κ2) is 7.11. The number of hydrogen-bond acceptors (Lipinski definition) is 1. The zero-order valence-electron chi connectivity index (χ0n) is 12.8. The first-order chi connectivity index (χ1) is 10.1. The van der Waals surface area contributed by atoms with Crippen molar-refractivity contribution >= 4 is 16.9 Å². The van der Waals surface area contributed by atoms with Crippen molar-refractivity contribution in [3.05, 3.63) is 35.8 Å². The van der Waals surface area contributed by atoms with Crippen LogP contribution < -0.4 is 10.6 Å². The van der Waals surface area contributed by atoms with Crippen LogP contribution in [0.5, 0.6) is 0 Å². The Balaban J connectivity index is 1.93. The second-order valence-corrected chi connectivity index (χ2v) is 5.21. The van der Waals surface area contributed by atoms with E-state index in [1.165, 1.54) is 17.7 Å². The summed E-state index contributed by atoms with van der Waals surface area (Å²) in [7, 11) is 1.77. The lowest BCUT2D eigenvalue weighted by molar-refractivity contribution is 0.624. The summed E-state index contributed by atoms with van der Waals surface area (Å²) in [6.45, 7) is 5.04. The van der Waals surface area contributed by atoms with Crippen LogP contribution in [0.1, 0.15) is 25.8 Å². The number of fused-ring (bicyclic) bond motifs is 1. The Kier molecular flexibility index (Phi) is 5.20. The fourth-order valence-electron chi connectivity index (χ4n) is 2.21. The molecule has 1 atom stereocenters. The lowest BCUT2D eigenvalue weighted by Gasteiger charge is -2.16. The monoisotopic (exact) mass is 290 g/mol. The van der Waals surface area contributed by atoms with E-state index in [0.29, 0.717) is 6.04 Å². The van der Waals surface area contributed by atoms with Crippen molar-refractivity contribution in [1.82, 2.24) is 15.6 Å². The molecule has 2 rings (SSSR count). The van der Waals surface area contributed by atoms with Crippen LogP contribution in [-0.2, 0) is 6.42 Å². The Morgan fingerprint density at radius 1 is 1.43 bits per heavy atom. The van der Waals surface area contributed by atoms with Crippen molar-refractivity contribution in [3.63, 3.8) is 0 Å². The molecule has 0 aliphatic carbocycles. The first kappa shape index (κ1) is 15.4. The highest BCUT2D eigenvalue weighted by Gasteiger charge is 2.06. The van der Waals surface area contributed by atoms with Gasteiger partial charge in [-0.3, -0.25) is 4.99 Å². The van der Waals surface area contributed by atoms with Crippen LogP contribution in [0, 0.1) is 5.82 Å². The van der Waals surface area contributed by atoms with Gasteiger partial charge in [-0.2, -0.15) is 0 Å². The van der Waals surface area contributed by atoms with Gasteiger partial charge in [0, 0.05) is 36.7 Å². The summed E-state index contributed by atoms with van der Waals surface area (Å²) >= 11 is 0. The molecule has 1 aromatic carbocycles. The molecule has 0 bridgehead atoms. The molecule has 3 N–H and O–H groups in total. The van der Waals surface area contributed by atoms with Gasteiger partial charge in [-0.25, -0.2) is 4.39 Å². The second-order valence-electron chi connectivity index (χ2n) is 5.21. The first-order valence-corrected chi connectivity index (χ1v) is 7.36. The van der Waals surface area contributed by atoms with Gasteiger partial charge in [-0.1, -0.05) is 6.92 Å². The zero-order chi connectivity index (χ0) is 15.2. The molecule has 0 aliphatic rings. The maximum absolute atomic E-state index is 13.1. The normalized spacial score (nSPS) is 13.4. The van der Waals surface area contributed by atoms with Gasteiger partial charge in [-0.05, 0) is 43.5 Å². The standard InChI is InChI=1S/C16H23FN4/c1-4-11(2)21-16(18-3)19-8-7-12-10-20-15-9-13(17)5-6-14(12)15/h5-6,9-11,20H,4,7-8H2,1-3H3,(H2,18,19,21). The largest absolute Gasteiger partial charge is 0.361 e. The van der Waals surface area contributed by atoms with Crippen LogP contribution in [0.15, 0.2) is 29.4 Å². The Bertz CT molecular complexity index is 618.